The van der Waals surface area contributed by atoms with Crippen LogP contribution in [0.1, 0.15) is 41.5 Å². The molecule has 2 aromatic rings. The van der Waals surface area contributed by atoms with Crippen molar-refractivity contribution < 1.29 is 4.12 Å². The summed E-state index contributed by atoms with van der Waals surface area (Å²) < 4.78 is 7.40. The van der Waals surface area contributed by atoms with Gasteiger partial charge in [-0.1, -0.05) is 102 Å². The zero-order chi connectivity index (χ0) is 18.9. The molecule has 0 aliphatic carbocycles. The van der Waals surface area contributed by atoms with Gasteiger partial charge < -0.3 is 4.12 Å². The highest BCUT2D eigenvalue weighted by atomic mass is 28.4. The van der Waals surface area contributed by atoms with Crippen LogP contribution in [0.15, 0.2) is 60.7 Å². The summed E-state index contributed by atoms with van der Waals surface area (Å²) >= 11 is 0. The molecule has 0 bridgehead atoms. The van der Waals surface area contributed by atoms with Gasteiger partial charge in [0.15, 0.2) is 8.32 Å². The van der Waals surface area contributed by atoms with Gasteiger partial charge in [-0.25, -0.2) is 0 Å². The Morgan fingerprint density at radius 3 is 1.24 bits per heavy atom. The molecule has 0 N–H and O–H groups in total. The van der Waals surface area contributed by atoms with Crippen LogP contribution in [-0.2, 0) is 4.12 Å². The molecule has 0 fully saturated rings. The van der Waals surface area contributed by atoms with Gasteiger partial charge in [0.05, 0.1) is 0 Å². The lowest BCUT2D eigenvalue weighted by Gasteiger charge is -2.51. The topological polar surface area (TPSA) is 9.23 Å². The van der Waals surface area contributed by atoms with Crippen molar-refractivity contribution in [3.63, 3.8) is 0 Å². The first kappa shape index (κ1) is 20.1. The second kappa shape index (κ2) is 6.86. The standard InChI is InChI=1S/C22H34OSi2/c1-21(2,3)24(7,8)23-25(22(4,5)6,19-15-11-9-12-16-19)20-17-13-10-14-18-20/h9-18H,1-8H3. The Hall–Kier alpha value is -1.17. The van der Waals surface area contributed by atoms with Crippen molar-refractivity contribution in [2.75, 3.05) is 0 Å². The van der Waals surface area contributed by atoms with Crippen LogP contribution in [0.5, 0.6) is 0 Å². The lowest BCUT2D eigenvalue weighted by atomic mass is 10.2. The van der Waals surface area contributed by atoms with Crippen LogP contribution in [0, 0.1) is 0 Å². The van der Waals surface area contributed by atoms with Crippen molar-refractivity contribution in [1.29, 1.82) is 0 Å². The molecule has 2 aromatic carbocycles. The number of hydrogen-bond donors (Lipinski definition) is 0. The highest BCUT2D eigenvalue weighted by Crippen LogP contribution is 2.44. The van der Waals surface area contributed by atoms with E-state index >= 15 is 0 Å². The van der Waals surface area contributed by atoms with Crippen molar-refractivity contribution in [3.05, 3.63) is 60.7 Å². The van der Waals surface area contributed by atoms with E-state index in [4.69, 9.17) is 4.12 Å². The van der Waals surface area contributed by atoms with Gasteiger partial charge in [0.1, 0.15) is 0 Å². The molecule has 0 unspecified atom stereocenters. The minimum absolute atomic E-state index is 0.0469. The summed E-state index contributed by atoms with van der Waals surface area (Å²) in [6.45, 7) is 18.8. The summed E-state index contributed by atoms with van der Waals surface area (Å²) in [4.78, 5) is 0. The Morgan fingerprint density at radius 2 is 0.960 bits per heavy atom. The lowest BCUT2D eigenvalue weighted by Crippen LogP contribution is -2.71. The van der Waals surface area contributed by atoms with Gasteiger partial charge in [-0.05, 0) is 33.5 Å². The minimum Gasteiger partial charge on any atom is -0.448 e. The average Bonchev–Trinajstić information content (AvgIpc) is 2.52. The number of benzene rings is 2. The fraction of sp³-hybridized carbons (Fsp3) is 0.455. The van der Waals surface area contributed by atoms with Crippen LogP contribution in [0.4, 0.5) is 0 Å². The molecule has 3 heteroatoms. The second-order valence-corrected chi connectivity index (χ2v) is 18.9. The van der Waals surface area contributed by atoms with E-state index in [0.717, 1.165) is 0 Å². The zero-order valence-corrected chi connectivity index (χ0v) is 19.2. The molecule has 2 rings (SSSR count). The van der Waals surface area contributed by atoms with Crippen LogP contribution in [0.2, 0.25) is 23.2 Å². The van der Waals surface area contributed by atoms with Crippen LogP contribution in [0.3, 0.4) is 0 Å². The SMILES string of the molecule is CC(C)(C)[Si](C)(C)O[Si](c1ccccc1)(c1ccccc1)C(C)(C)C. The summed E-state index contributed by atoms with van der Waals surface area (Å²) in [5.41, 5.74) is 0. The molecule has 0 aliphatic rings. The molecule has 0 heterocycles. The Kier molecular flexibility index (Phi) is 5.53. The summed E-state index contributed by atoms with van der Waals surface area (Å²) in [5.74, 6) is 0. The van der Waals surface area contributed by atoms with Crippen molar-refractivity contribution in [3.8, 4) is 0 Å². The van der Waals surface area contributed by atoms with E-state index in [-0.39, 0.29) is 10.1 Å². The maximum atomic E-state index is 7.40. The molecule has 0 radical (unpaired) electrons. The first-order valence-corrected chi connectivity index (χ1v) is 14.0. The van der Waals surface area contributed by atoms with E-state index in [2.05, 4.69) is 115 Å². The van der Waals surface area contributed by atoms with Crippen molar-refractivity contribution in [1.82, 2.24) is 0 Å². The summed E-state index contributed by atoms with van der Waals surface area (Å²) in [6, 6.07) is 21.9. The molecule has 1 nitrogen and oxygen atoms in total. The van der Waals surface area contributed by atoms with Gasteiger partial charge >= 0.3 is 0 Å². The van der Waals surface area contributed by atoms with Crippen LogP contribution in [0.25, 0.3) is 0 Å². The van der Waals surface area contributed by atoms with Crippen molar-refractivity contribution in [2.45, 2.75) is 64.7 Å². The summed E-state index contributed by atoms with van der Waals surface area (Å²) in [6.07, 6.45) is 0. The van der Waals surface area contributed by atoms with E-state index < -0.39 is 16.6 Å². The quantitative estimate of drug-likeness (QED) is 0.639. The molecular weight excluding hydrogens is 336 g/mol. The van der Waals surface area contributed by atoms with Gasteiger partial charge in [-0.2, -0.15) is 0 Å². The predicted molar refractivity (Wildman–Crippen MR) is 116 cm³/mol. The maximum absolute atomic E-state index is 7.40. The molecule has 25 heavy (non-hydrogen) atoms. The maximum Gasteiger partial charge on any atom is 0.250 e. The predicted octanol–water partition coefficient (Wildman–Crippen LogP) is 5.57. The van der Waals surface area contributed by atoms with Gasteiger partial charge in [-0.15, -0.1) is 0 Å². The highest BCUT2D eigenvalue weighted by Gasteiger charge is 2.54. The molecule has 0 amide bonds. The molecule has 0 spiro atoms. The van der Waals surface area contributed by atoms with E-state index in [1.807, 2.05) is 0 Å². The largest absolute Gasteiger partial charge is 0.448 e. The minimum atomic E-state index is -2.43. The van der Waals surface area contributed by atoms with Gasteiger partial charge in [0, 0.05) is 0 Å². The van der Waals surface area contributed by atoms with E-state index in [1.54, 1.807) is 0 Å². The van der Waals surface area contributed by atoms with Gasteiger partial charge in [-0.3, -0.25) is 0 Å². The highest BCUT2D eigenvalue weighted by molar-refractivity contribution is 7.04. The normalized spacial score (nSPS) is 13.8. The van der Waals surface area contributed by atoms with E-state index in [0.29, 0.717) is 0 Å². The third kappa shape index (κ3) is 3.84. The smallest absolute Gasteiger partial charge is 0.250 e. The third-order valence-electron chi connectivity index (χ3n) is 5.63. The monoisotopic (exact) mass is 370 g/mol. The van der Waals surface area contributed by atoms with Gasteiger partial charge in [0.25, 0.3) is 8.32 Å². The van der Waals surface area contributed by atoms with Crippen LogP contribution < -0.4 is 10.4 Å². The fourth-order valence-corrected chi connectivity index (χ4v) is 13.0. The molecular formula is C22H34OSi2. The Morgan fingerprint density at radius 1 is 0.600 bits per heavy atom. The van der Waals surface area contributed by atoms with Gasteiger partial charge in [0.2, 0.25) is 0 Å². The third-order valence-corrected chi connectivity index (χ3v) is 16.9. The van der Waals surface area contributed by atoms with E-state index in [9.17, 15) is 0 Å². The molecule has 0 saturated heterocycles. The number of hydrogen-bond acceptors (Lipinski definition) is 1. The number of rotatable bonds is 4. The zero-order valence-electron chi connectivity index (χ0n) is 17.2. The molecule has 0 atom stereocenters. The van der Waals surface area contributed by atoms with E-state index in [1.165, 1.54) is 10.4 Å². The lowest BCUT2D eigenvalue weighted by molar-refractivity contribution is 0.462. The first-order valence-electron chi connectivity index (χ1n) is 9.23. The Bertz CT molecular complexity index is 640. The molecule has 0 aromatic heterocycles. The van der Waals surface area contributed by atoms with Crippen LogP contribution >= 0.6 is 0 Å². The summed E-state index contributed by atoms with van der Waals surface area (Å²) in [5, 5.41) is 2.97. The van der Waals surface area contributed by atoms with Crippen molar-refractivity contribution >= 4 is 27.0 Å². The molecule has 136 valence electrons. The fourth-order valence-electron chi connectivity index (χ4n) is 3.19. The molecule has 0 saturated carbocycles. The average molecular weight is 371 g/mol. The molecule has 0 aliphatic heterocycles. The second-order valence-electron chi connectivity index (χ2n) is 9.53. The Labute approximate surface area is 156 Å². The summed E-state index contributed by atoms with van der Waals surface area (Å²) in [7, 11) is -4.39. The first-order chi connectivity index (χ1) is 11.4. The van der Waals surface area contributed by atoms with Crippen LogP contribution in [-0.4, -0.2) is 16.6 Å². The Balaban J connectivity index is 2.78. The van der Waals surface area contributed by atoms with Crippen molar-refractivity contribution in [2.24, 2.45) is 0 Å².